The summed E-state index contributed by atoms with van der Waals surface area (Å²) in [6.07, 6.45) is 2.39. The number of nitrogens with zero attached hydrogens (tertiary/aromatic N) is 1. The number of para-hydroxylation sites is 1. The molecule has 1 N–H and O–H groups in total. The van der Waals surface area contributed by atoms with Crippen molar-refractivity contribution in [3.8, 4) is 5.75 Å². The number of nitrogens with one attached hydrogen (secondary N) is 1. The molecule has 0 saturated carbocycles. The minimum atomic E-state index is -0.0219. The van der Waals surface area contributed by atoms with Gasteiger partial charge in [0.25, 0.3) is 0 Å². The average molecular weight is 290 g/mol. The number of methoxy groups -OCH3 is 1. The van der Waals surface area contributed by atoms with Gasteiger partial charge in [-0.05, 0) is 24.5 Å². The van der Waals surface area contributed by atoms with E-state index in [0.29, 0.717) is 13.0 Å². The highest BCUT2D eigenvalue weighted by Crippen LogP contribution is 2.36. The summed E-state index contributed by atoms with van der Waals surface area (Å²) >= 11 is 0. The van der Waals surface area contributed by atoms with Crippen LogP contribution in [0.2, 0.25) is 0 Å². The maximum Gasteiger partial charge on any atom is 0.229 e. The molecule has 1 amide bonds. The highest BCUT2D eigenvalue weighted by Gasteiger charge is 2.28. The van der Waals surface area contributed by atoms with Gasteiger partial charge < -0.3 is 19.7 Å². The number of benzene rings is 1. The first-order chi connectivity index (χ1) is 10.3. The monoisotopic (exact) mass is 290 g/mol. The standard InChI is InChI=1S/C16H22N2O3/c1-20-14-6-2-4-12-5-3-8-18(16(12)14)15(19)10-13-11-17-7-9-21-13/h2,4,6,13,17H,3,5,7-11H2,1H3. The van der Waals surface area contributed by atoms with Gasteiger partial charge in [0.1, 0.15) is 5.75 Å². The molecule has 21 heavy (non-hydrogen) atoms. The fourth-order valence-electron chi connectivity index (χ4n) is 3.09. The molecule has 0 bridgehead atoms. The number of carbonyl (C=O) groups excluding carboxylic acids is 1. The quantitative estimate of drug-likeness (QED) is 0.913. The van der Waals surface area contributed by atoms with Gasteiger partial charge in [-0.1, -0.05) is 12.1 Å². The summed E-state index contributed by atoms with van der Waals surface area (Å²) in [5.41, 5.74) is 2.14. The predicted molar refractivity (Wildman–Crippen MR) is 80.9 cm³/mol. The van der Waals surface area contributed by atoms with Crippen LogP contribution in [-0.2, 0) is 16.0 Å². The summed E-state index contributed by atoms with van der Waals surface area (Å²) in [6.45, 7) is 3.05. The van der Waals surface area contributed by atoms with Gasteiger partial charge in [0.15, 0.2) is 0 Å². The van der Waals surface area contributed by atoms with Crippen molar-refractivity contribution in [2.75, 3.05) is 38.3 Å². The van der Waals surface area contributed by atoms with Crippen molar-refractivity contribution in [2.24, 2.45) is 0 Å². The lowest BCUT2D eigenvalue weighted by Gasteiger charge is -2.32. The van der Waals surface area contributed by atoms with Crippen molar-refractivity contribution in [1.29, 1.82) is 0 Å². The topological polar surface area (TPSA) is 50.8 Å². The molecule has 1 saturated heterocycles. The average Bonchev–Trinajstić information content (AvgIpc) is 2.54. The zero-order valence-corrected chi connectivity index (χ0v) is 12.4. The minimum absolute atomic E-state index is 0.0219. The second kappa shape index (κ2) is 6.45. The summed E-state index contributed by atoms with van der Waals surface area (Å²) in [6, 6.07) is 5.98. The molecule has 5 nitrogen and oxygen atoms in total. The Hall–Kier alpha value is -1.59. The normalized spacial score (nSPS) is 21.8. The van der Waals surface area contributed by atoms with Crippen LogP contribution in [0, 0.1) is 0 Å². The number of fused-ring (bicyclic) bond motifs is 1. The number of anilines is 1. The number of hydrogen-bond donors (Lipinski definition) is 1. The molecular weight excluding hydrogens is 268 g/mol. The third kappa shape index (κ3) is 3.04. The molecule has 2 aliphatic heterocycles. The van der Waals surface area contributed by atoms with E-state index in [1.807, 2.05) is 17.0 Å². The third-order valence-corrected chi connectivity index (χ3v) is 4.11. The summed E-state index contributed by atoms with van der Waals surface area (Å²) in [7, 11) is 1.65. The van der Waals surface area contributed by atoms with Crippen molar-refractivity contribution in [3.63, 3.8) is 0 Å². The first kappa shape index (κ1) is 14.4. The molecule has 0 aromatic heterocycles. The molecule has 0 aliphatic carbocycles. The highest BCUT2D eigenvalue weighted by atomic mass is 16.5. The first-order valence-electron chi connectivity index (χ1n) is 7.58. The fourth-order valence-corrected chi connectivity index (χ4v) is 3.09. The molecule has 5 heteroatoms. The van der Waals surface area contributed by atoms with Gasteiger partial charge in [-0.15, -0.1) is 0 Å². The van der Waals surface area contributed by atoms with Crippen LogP contribution in [0.4, 0.5) is 5.69 Å². The van der Waals surface area contributed by atoms with Crippen LogP contribution in [0.25, 0.3) is 0 Å². The summed E-state index contributed by atoms with van der Waals surface area (Å²) in [5, 5.41) is 3.26. The lowest BCUT2D eigenvalue weighted by molar-refractivity contribution is -0.122. The van der Waals surface area contributed by atoms with Gasteiger partial charge in [0.05, 0.1) is 31.9 Å². The SMILES string of the molecule is COc1cccc2c1N(C(=O)CC1CNCCO1)CCC2. The molecule has 114 valence electrons. The van der Waals surface area contributed by atoms with Crippen LogP contribution in [0.3, 0.4) is 0 Å². The van der Waals surface area contributed by atoms with Crippen LogP contribution < -0.4 is 15.0 Å². The van der Waals surface area contributed by atoms with E-state index in [9.17, 15) is 4.79 Å². The molecule has 0 spiro atoms. The lowest BCUT2D eigenvalue weighted by Crippen LogP contribution is -2.43. The number of aryl methyl sites for hydroxylation is 1. The molecule has 1 aromatic carbocycles. The van der Waals surface area contributed by atoms with Crippen molar-refractivity contribution >= 4 is 11.6 Å². The van der Waals surface area contributed by atoms with E-state index >= 15 is 0 Å². The van der Waals surface area contributed by atoms with Gasteiger partial charge in [0.2, 0.25) is 5.91 Å². The number of ether oxygens (including phenoxy) is 2. The molecule has 2 heterocycles. The predicted octanol–water partition coefficient (Wildman–Crippen LogP) is 1.35. The van der Waals surface area contributed by atoms with Crippen LogP contribution in [0.15, 0.2) is 18.2 Å². The zero-order chi connectivity index (χ0) is 14.7. The van der Waals surface area contributed by atoms with E-state index < -0.39 is 0 Å². The first-order valence-corrected chi connectivity index (χ1v) is 7.58. The summed E-state index contributed by atoms with van der Waals surface area (Å²) in [4.78, 5) is 14.5. The second-order valence-corrected chi connectivity index (χ2v) is 5.52. The number of carbonyl (C=O) groups is 1. The second-order valence-electron chi connectivity index (χ2n) is 5.52. The Bertz CT molecular complexity index is 498. The fraction of sp³-hybridized carbons (Fsp3) is 0.562. The summed E-state index contributed by atoms with van der Waals surface area (Å²) in [5.74, 6) is 0.900. The van der Waals surface area contributed by atoms with E-state index in [2.05, 4.69) is 11.4 Å². The van der Waals surface area contributed by atoms with E-state index in [-0.39, 0.29) is 12.0 Å². The van der Waals surface area contributed by atoms with Gasteiger partial charge in [-0.25, -0.2) is 0 Å². The van der Waals surface area contributed by atoms with E-state index in [1.54, 1.807) is 7.11 Å². The Labute approximate surface area is 125 Å². The van der Waals surface area contributed by atoms with Gasteiger partial charge in [-0.3, -0.25) is 4.79 Å². The van der Waals surface area contributed by atoms with Crippen LogP contribution in [0.1, 0.15) is 18.4 Å². The van der Waals surface area contributed by atoms with Crippen LogP contribution in [-0.4, -0.2) is 45.4 Å². The Morgan fingerprint density at radius 3 is 3.19 bits per heavy atom. The van der Waals surface area contributed by atoms with Crippen molar-refractivity contribution in [2.45, 2.75) is 25.4 Å². The number of hydrogen-bond acceptors (Lipinski definition) is 4. The highest BCUT2D eigenvalue weighted by molar-refractivity contribution is 5.96. The maximum absolute atomic E-state index is 12.7. The molecule has 0 radical (unpaired) electrons. The van der Waals surface area contributed by atoms with Gasteiger partial charge in [0, 0.05) is 19.6 Å². The number of morpholine rings is 1. The third-order valence-electron chi connectivity index (χ3n) is 4.11. The van der Waals surface area contributed by atoms with E-state index in [1.165, 1.54) is 5.56 Å². The van der Waals surface area contributed by atoms with Crippen molar-refractivity contribution in [1.82, 2.24) is 5.32 Å². The molecule has 1 aromatic rings. The van der Waals surface area contributed by atoms with Crippen LogP contribution >= 0.6 is 0 Å². The van der Waals surface area contributed by atoms with Crippen molar-refractivity contribution in [3.05, 3.63) is 23.8 Å². The largest absolute Gasteiger partial charge is 0.495 e. The van der Waals surface area contributed by atoms with Gasteiger partial charge in [-0.2, -0.15) is 0 Å². The molecule has 1 fully saturated rings. The summed E-state index contributed by atoms with van der Waals surface area (Å²) < 4.78 is 11.1. The molecule has 2 aliphatic rings. The number of rotatable bonds is 3. The van der Waals surface area contributed by atoms with Crippen LogP contribution in [0.5, 0.6) is 5.75 Å². The lowest BCUT2D eigenvalue weighted by atomic mass is 10.00. The minimum Gasteiger partial charge on any atom is -0.495 e. The van der Waals surface area contributed by atoms with E-state index in [0.717, 1.165) is 43.9 Å². The molecular formula is C16H22N2O3. The Balaban J connectivity index is 1.79. The van der Waals surface area contributed by atoms with Gasteiger partial charge >= 0.3 is 0 Å². The van der Waals surface area contributed by atoms with E-state index in [4.69, 9.17) is 9.47 Å². The Morgan fingerprint density at radius 1 is 1.52 bits per heavy atom. The molecule has 3 rings (SSSR count). The molecule has 1 atom stereocenters. The smallest absolute Gasteiger partial charge is 0.229 e. The zero-order valence-electron chi connectivity index (χ0n) is 12.4. The maximum atomic E-state index is 12.7. The number of amides is 1. The van der Waals surface area contributed by atoms with Crippen molar-refractivity contribution < 1.29 is 14.3 Å². The Morgan fingerprint density at radius 2 is 2.43 bits per heavy atom. The Kier molecular flexibility index (Phi) is 4.41. The molecule has 1 unspecified atom stereocenters.